The maximum atomic E-state index is 11.8. The second kappa shape index (κ2) is 5.33. The monoisotopic (exact) mass is 269 g/mol. The van der Waals surface area contributed by atoms with Crippen molar-refractivity contribution in [1.82, 2.24) is 9.55 Å². The third-order valence-electron chi connectivity index (χ3n) is 2.31. The molecule has 0 unspecified atom stereocenters. The van der Waals surface area contributed by atoms with E-state index in [0.29, 0.717) is 18.9 Å². The van der Waals surface area contributed by atoms with Gasteiger partial charge in [0, 0.05) is 23.8 Å². The van der Waals surface area contributed by atoms with Crippen LogP contribution in [-0.2, 0) is 13.1 Å². The lowest BCUT2D eigenvalue weighted by Crippen LogP contribution is -2.23. The van der Waals surface area contributed by atoms with E-state index in [9.17, 15) is 4.79 Å². The molecule has 0 spiro atoms. The zero-order chi connectivity index (χ0) is 12.3. The van der Waals surface area contributed by atoms with Crippen LogP contribution in [0.15, 0.2) is 29.3 Å². The van der Waals surface area contributed by atoms with Crippen LogP contribution in [0.5, 0.6) is 0 Å². The molecule has 0 aromatic carbocycles. The lowest BCUT2D eigenvalue weighted by molar-refractivity contribution is 0.718. The molecule has 0 fully saturated rings. The molecule has 2 aromatic rings. The largest absolute Gasteiger partial charge is 0.361 e. The van der Waals surface area contributed by atoms with E-state index in [1.807, 2.05) is 19.1 Å². The Bertz CT molecular complexity index is 564. The first-order chi connectivity index (χ1) is 8.20. The molecular formula is C11H12ClN3OS. The molecule has 2 heterocycles. The summed E-state index contributed by atoms with van der Waals surface area (Å²) in [6.07, 6.45) is 3.30. The van der Waals surface area contributed by atoms with E-state index in [2.05, 4.69) is 10.3 Å². The maximum absolute atomic E-state index is 11.8. The Kier molecular flexibility index (Phi) is 3.81. The van der Waals surface area contributed by atoms with E-state index in [0.717, 1.165) is 9.21 Å². The molecule has 2 rings (SSSR count). The average Bonchev–Trinajstić information content (AvgIpc) is 2.74. The smallest absolute Gasteiger partial charge is 0.293 e. The standard InChI is InChI=1S/C11H12ClN3OS/c1-2-15-6-5-13-10(11(15)16)14-7-8-3-4-9(12)17-8/h3-6H,2,7H2,1H3,(H,13,14). The van der Waals surface area contributed by atoms with Crippen molar-refractivity contribution in [2.45, 2.75) is 20.0 Å². The number of rotatable bonds is 4. The molecule has 0 radical (unpaired) electrons. The van der Waals surface area contributed by atoms with E-state index < -0.39 is 0 Å². The van der Waals surface area contributed by atoms with Gasteiger partial charge in [-0.2, -0.15) is 0 Å². The summed E-state index contributed by atoms with van der Waals surface area (Å²) >= 11 is 7.32. The Morgan fingerprint density at radius 3 is 3.00 bits per heavy atom. The van der Waals surface area contributed by atoms with Gasteiger partial charge in [-0.3, -0.25) is 4.79 Å². The second-order valence-corrected chi connectivity index (χ2v) is 5.23. The highest BCUT2D eigenvalue weighted by Crippen LogP contribution is 2.21. The number of hydrogen-bond acceptors (Lipinski definition) is 4. The van der Waals surface area contributed by atoms with E-state index in [1.54, 1.807) is 17.0 Å². The van der Waals surface area contributed by atoms with Crippen molar-refractivity contribution in [3.05, 3.63) is 44.1 Å². The van der Waals surface area contributed by atoms with E-state index in [1.165, 1.54) is 11.3 Å². The molecule has 4 nitrogen and oxygen atoms in total. The molecule has 0 aliphatic heterocycles. The number of aryl methyl sites for hydroxylation is 1. The highest BCUT2D eigenvalue weighted by atomic mass is 35.5. The Hall–Kier alpha value is -1.33. The van der Waals surface area contributed by atoms with Gasteiger partial charge in [0.15, 0.2) is 5.82 Å². The van der Waals surface area contributed by atoms with Gasteiger partial charge < -0.3 is 9.88 Å². The quantitative estimate of drug-likeness (QED) is 0.928. The number of anilines is 1. The molecule has 0 saturated heterocycles. The summed E-state index contributed by atoms with van der Waals surface area (Å²) in [5, 5.41) is 3.02. The predicted octanol–water partition coefficient (Wildman–Crippen LogP) is 2.59. The average molecular weight is 270 g/mol. The van der Waals surface area contributed by atoms with Gasteiger partial charge in [-0.15, -0.1) is 11.3 Å². The first-order valence-electron chi connectivity index (χ1n) is 5.24. The first-order valence-corrected chi connectivity index (χ1v) is 6.43. The van der Waals surface area contributed by atoms with Crippen molar-refractivity contribution in [2.24, 2.45) is 0 Å². The molecule has 6 heteroatoms. The molecule has 17 heavy (non-hydrogen) atoms. The Morgan fingerprint density at radius 1 is 1.53 bits per heavy atom. The first kappa shape index (κ1) is 12.1. The van der Waals surface area contributed by atoms with Crippen LogP contribution in [0, 0.1) is 0 Å². The minimum absolute atomic E-state index is 0.0994. The molecule has 0 aliphatic carbocycles. The summed E-state index contributed by atoms with van der Waals surface area (Å²) in [6.45, 7) is 3.12. The van der Waals surface area contributed by atoms with Crippen LogP contribution in [0.25, 0.3) is 0 Å². The summed E-state index contributed by atoms with van der Waals surface area (Å²) in [7, 11) is 0. The number of nitrogens with zero attached hydrogens (tertiary/aromatic N) is 2. The van der Waals surface area contributed by atoms with Crippen molar-refractivity contribution in [3.8, 4) is 0 Å². The molecule has 0 saturated carbocycles. The molecule has 90 valence electrons. The minimum atomic E-state index is -0.0994. The summed E-state index contributed by atoms with van der Waals surface area (Å²) in [5.74, 6) is 0.374. The summed E-state index contributed by atoms with van der Waals surface area (Å²) in [5.41, 5.74) is -0.0994. The van der Waals surface area contributed by atoms with Gasteiger partial charge in [-0.05, 0) is 19.1 Å². The van der Waals surface area contributed by atoms with E-state index in [4.69, 9.17) is 11.6 Å². The van der Waals surface area contributed by atoms with Crippen molar-refractivity contribution >= 4 is 28.8 Å². The van der Waals surface area contributed by atoms with Gasteiger partial charge in [-0.25, -0.2) is 4.98 Å². The van der Waals surface area contributed by atoms with Crippen LogP contribution in [0.4, 0.5) is 5.82 Å². The zero-order valence-corrected chi connectivity index (χ0v) is 10.9. The molecule has 0 aliphatic rings. The van der Waals surface area contributed by atoms with Gasteiger partial charge in [0.2, 0.25) is 0 Å². The van der Waals surface area contributed by atoms with Crippen LogP contribution in [-0.4, -0.2) is 9.55 Å². The van der Waals surface area contributed by atoms with Crippen LogP contribution in [0.1, 0.15) is 11.8 Å². The highest BCUT2D eigenvalue weighted by molar-refractivity contribution is 7.16. The summed E-state index contributed by atoms with van der Waals surface area (Å²) in [4.78, 5) is 17.0. The Labute approximate surface area is 108 Å². The van der Waals surface area contributed by atoms with Crippen molar-refractivity contribution in [2.75, 3.05) is 5.32 Å². The summed E-state index contributed by atoms with van der Waals surface area (Å²) < 4.78 is 2.35. The van der Waals surface area contributed by atoms with E-state index >= 15 is 0 Å². The fourth-order valence-electron chi connectivity index (χ4n) is 1.44. The number of hydrogen-bond donors (Lipinski definition) is 1. The predicted molar refractivity (Wildman–Crippen MR) is 70.8 cm³/mol. The zero-order valence-electron chi connectivity index (χ0n) is 9.31. The van der Waals surface area contributed by atoms with Gasteiger partial charge in [0.05, 0.1) is 10.9 Å². The van der Waals surface area contributed by atoms with Crippen molar-refractivity contribution in [1.29, 1.82) is 0 Å². The minimum Gasteiger partial charge on any atom is -0.361 e. The van der Waals surface area contributed by atoms with Gasteiger partial charge in [0.25, 0.3) is 5.56 Å². The fourth-order valence-corrected chi connectivity index (χ4v) is 2.46. The summed E-state index contributed by atoms with van der Waals surface area (Å²) in [6, 6.07) is 3.77. The van der Waals surface area contributed by atoms with Gasteiger partial charge in [-0.1, -0.05) is 11.6 Å². The molecule has 1 N–H and O–H groups in total. The van der Waals surface area contributed by atoms with Crippen LogP contribution in [0.2, 0.25) is 4.34 Å². The third-order valence-corrected chi connectivity index (χ3v) is 3.54. The Morgan fingerprint density at radius 2 is 2.35 bits per heavy atom. The SMILES string of the molecule is CCn1ccnc(NCc2ccc(Cl)s2)c1=O. The van der Waals surface area contributed by atoms with Crippen LogP contribution >= 0.6 is 22.9 Å². The number of nitrogens with one attached hydrogen (secondary N) is 1. The number of thiophene rings is 1. The third kappa shape index (κ3) is 2.87. The van der Waals surface area contributed by atoms with Gasteiger partial charge in [0.1, 0.15) is 0 Å². The molecule has 0 amide bonds. The fraction of sp³-hybridized carbons (Fsp3) is 0.273. The molecular weight excluding hydrogens is 258 g/mol. The highest BCUT2D eigenvalue weighted by Gasteiger charge is 2.04. The van der Waals surface area contributed by atoms with Crippen molar-refractivity contribution in [3.63, 3.8) is 0 Å². The maximum Gasteiger partial charge on any atom is 0.293 e. The lowest BCUT2D eigenvalue weighted by Gasteiger charge is -2.05. The van der Waals surface area contributed by atoms with Crippen LogP contribution < -0.4 is 10.9 Å². The normalized spacial score (nSPS) is 10.5. The van der Waals surface area contributed by atoms with Gasteiger partial charge >= 0.3 is 0 Å². The molecule has 2 aromatic heterocycles. The molecule has 0 bridgehead atoms. The second-order valence-electron chi connectivity index (χ2n) is 3.43. The number of aromatic nitrogens is 2. The van der Waals surface area contributed by atoms with E-state index in [-0.39, 0.29) is 5.56 Å². The molecule has 0 atom stereocenters. The topological polar surface area (TPSA) is 46.9 Å². The number of halogens is 1. The lowest BCUT2D eigenvalue weighted by atomic mass is 10.4. The van der Waals surface area contributed by atoms with Crippen molar-refractivity contribution < 1.29 is 0 Å². The Balaban J connectivity index is 2.11. The van der Waals surface area contributed by atoms with Crippen LogP contribution in [0.3, 0.4) is 0 Å².